The Balaban J connectivity index is 1.95. The first-order valence-corrected chi connectivity index (χ1v) is 12.7. The molecular weight excluding hydrogens is 507 g/mol. The van der Waals surface area contributed by atoms with Crippen LogP contribution in [0.1, 0.15) is 44.9 Å². The van der Waals surface area contributed by atoms with Gasteiger partial charge in [-0.1, -0.05) is 46.7 Å². The second-order valence-electron chi connectivity index (χ2n) is 8.20. The largest absolute Gasteiger partial charge is 0.490 e. The number of carbonyl (C=O) groups excluding carboxylic acids is 1. The minimum Gasteiger partial charge on any atom is -0.490 e. The van der Waals surface area contributed by atoms with E-state index in [9.17, 15) is 9.59 Å². The van der Waals surface area contributed by atoms with Gasteiger partial charge in [-0.05, 0) is 69.7 Å². The quantitative estimate of drug-likeness (QED) is 0.425. The molecule has 0 radical (unpaired) electrons. The van der Waals surface area contributed by atoms with Crippen LogP contribution >= 0.6 is 34.5 Å². The second-order valence-corrected chi connectivity index (χ2v) is 10.1. The molecule has 2 heterocycles. The maximum absolute atomic E-state index is 13.7. The van der Waals surface area contributed by atoms with Crippen molar-refractivity contribution in [1.29, 1.82) is 0 Å². The summed E-state index contributed by atoms with van der Waals surface area (Å²) in [6.07, 6.45) is 1.69. The maximum Gasteiger partial charge on any atom is 0.338 e. The Morgan fingerprint density at radius 2 is 1.86 bits per heavy atom. The molecule has 0 unspecified atom stereocenters. The molecule has 1 atom stereocenters. The van der Waals surface area contributed by atoms with Crippen molar-refractivity contribution in [2.24, 2.45) is 4.99 Å². The van der Waals surface area contributed by atoms with E-state index in [2.05, 4.69) is 4.99 Å². The smallest absolute Gasteiger partial charge is 0.338 e. The first kappa shape index (κ1) is 25.2. The van der Waals surface area contributed by atoms with Crippen LogP contribution in [0.15, 0.2) is 63.5 Å². The lowest BCUT2D eigenvalue weighted by atomic mass is 9.96. The number of allylic oxidation sites excluding steroid dienone is 1. The summed E-state index contributed by atoms with van der Waals surface area (Å²) in [4.78, 5) is 31.8. The van der Waals surface area contributed by atoms with Gasteiger partial charge in [0.2, 0.25) is 0 Å². The number of benzene rings is 2. The van der Waals surface area contributed by atoms with E-state index in [-0.39, 0.29) is 18.3 Å². The topological polar surface area (TPSA) is 69.9 Å². The highest BCUT2D eigenvalue weighted by Crippen LogP contribution is 2.31. The number of fused-ring (bicyclic) bond motifs is 1. The maximum atomic E-state index is 13.7. The monoisotopic (exact) mass is 530 g/mol. The van der Waals surface area contributed by atoms with Gasteiger partial charge in [-0.15, -0.1) is 0 Å². The van der Waals surface area contributed by atoms with Gasteiger partial charge in [0, 0.05) is 15.6 Å². The molecule has 0 fully saturated rings. The third kappa shape index (κ3) is 5.22. The Morgan fingerprint density at radius 3 is 2.51 bits per heavy atom. The molecule has 0 aliphatic carbocycles. The Kier molecular flexibility index (Phi) is 7.50. The van der Waals surface area contributed by atoms with Crippen molar-refractivity contribution in [2.75, 3.05) is 6.61 Å². The number of halogens is 2. The fourth-order valence-corrected chi connectivity index (χ4v) is 5.23. The molecule has 0 saturated carbocycles. The van der Waals surface area contributed by atoms with E-state index in [1.165, 1.54) is 15.9 Å². The zero-order valence-corrected chi connectivity index (χ0v) is 22.0. The van der Waals surface area contributed by atoms with Crippen LogP contribution < -0.4 is 19.6 Å². The highest BCUT2D eigenvalue weighted by molar-refractivity contribution is 7.07. The highest BCUT2D eigenvalue weighted by atomic mass is 35.5. The Bertz CT molecular complexity index is 1490. The number of hydrogen-bond acceptors (Lipinski definition) is 6. The van der Waals surface area contributed by atoms with E-state index < -0.39 is 12.0 Å². The average molecular weight is 531 g/mol. The Hall–Kier alpha value is -2.87. The third-order valence-electron chi connectivity index (χ3n) is 5.32. The van der Waals surface area contributed by atoms with E-state index >= 15 is 0 Å². The molecule has 0 bridgehead atoms. The van der Waals surface area contributed by atoms with Gasteiger partial charge in [0.05, 0.1) is 34.6 Å². The molecule has 1 aromatic heterocycles. The number of aromatic nitrogens is 1. The summed E-state index contributed by atoms with van der Waals surface area (Å²) in [5.74, 6) is 0.110. The summed E-state index contributed by atoms with van der Waals surface area (Å²) in [6, 6.07) is 11.6. The van der Waals surface area contributed by atoms with Crippen LogP contribution in [0.3, 0.4) is 0 Å². The van der Waals surface area contributed by atoms with Gasteiger partial charge >= 0.3 is 5.97 Å². The fourth-order valence-electron chi connectivity index (χ4n) is 3.89. The first-order valence-electron chi connectivity index (χ1n) is 11.1. The standard InChI is InChI=1S/C26H24Cl2N2O4S/c1-5-33-25(32)22-15(4)29-26-30(23(22)16-6-8-18(27)9-7-16)24(31)21(35-26)13-17-12-19(28)10-11-20(17)34-14(2)3/h6-14,23H,5H2,1-4H3/b21-13+/t23-/m1/s1. The lowest BCUT2D eigenvalue weighted by Gasteiger charge is -2.24. The molecule has 6 nitrogen and oxygen atoms in total. The normalized spacial score (nSPS) is 15.7. The summed E-state index contributed by atoms with van der Waals surface area (Å²) in [5, 5.41) is 1.08. The van der Waals surface area contributed by atoms with Gasteiger partial charge < -0.3 is 9.47 Å². The minimum atomic E-state index is -0.699. The molecule has 0 spiro atoms. The molecule has 182 valence electrons. The molecule has 0 N–H and O–H groups in total. The second kappa shape index (κ2) is 10.4. The van der Waals surface area contributed by atoms with Crippen molar-refractivity contribution in [2.45, 2.75) is 39.8 Å². The number of rotatable bonds is 6. The zero-order valence-electron chi connectivity index (χ0n) is 19.7. The lowest BCUT2D eigenvalue weighted by molar-refractivity contribution is -0.139. The van der Waals surface area contributed by atoms with Crippen molar-refractivity contribution in [3.8, 4) is 5.75 Å². The average Bonchev–Trinajstić information content (AvgIpc) is 3.09. The van der Waals surface area contributed by atoms with Gasteiger partial charge in [-0.2, -0.15) is 0 Å². The van der Waals surface area contributed by atoms with E-state index in [1.807, 2.05) is 13.8 Å². The van der Waals surface area contributed by atoms with Crippen molar-refractivity contribution in [3.63, 3.8) is 0 Å². The summed E-state index contributed by atoms with van der Waals surface area (Å²) in [6.45, 7) is 7.55. The molecule has 3 aromatic rings. The number of nitrogens with zero attached hydrogens (tertiary/aromatic N) is 2. The van der Waals surface area contributed by atoms with Crippen molar-refractivity contribution < 1.29 is 14.3 Å². The number of hydrogen-bond donors (Lipinski definition) is 0. The molecule has 4 rings (SSSR count). The van der Waals surface area contributed by atoms with Crippen molar-refractivity contribution >= 4 is 46.6 Å². The number of carbonyl (C=O) groups is 1. The SMILES string of the molecule is CCOC(=O)C1=C(C)N=c2s/c(=C/c3cc(Cl)ccc3OC(C)C)c(=O)n2[C@@H]1c1ccc(Cl)cc1. The molecule has 0 saturated heterocycles. The predicted octanol–water partition coefficient (Wildman–Crippen LogP) is 4.89. The van der Waals surface area contributed by atoms with Gasteiger partial charge in [-0.25, -0.2) is 9.79 Å². The van der Waals surface area contributed by atoms with E-state index in [1.54, 1.807) is 62.4 Å². The molecule has 2 aromatic carbocycles. The van der Waals surface area contributed by atoms with E-state index in [4.69, 9.17) is 32.7 Å². The van der Waals surface area contributed by atoms with Crippen LogP contribution in [-0.2, 0) is 9.53 Å². The van der Waals surface area contributed by atoms with Gasteiger partial charge in [-0.3, -0.25) is 9.36 Å². The minimum absolute atomic E-state index is 0.0516. The summed E-state index contributed by atoms with van der Waals surface area (Å²) >= 11 is 13.6. The molecule has 1 aliphatic heterocycles. The third-order valence-corrected chi connectivity index (χ3v) is 6.79. The van der Waals surface area contributed by atoms with Crippen LogP contribution in [0.4, 0.5) is 0 Å². The fraction of sp³-hybridized carbons (Fsp3) is 0.269. The first-order chi connectivity index (χ1) is 16.7. The summed E-state index contributed by atoms with van der Waals surface area (Å²) < 4.78 is 13.2. The predicted molar refractivity (Wildman–Crippen MR) is 139 cm³/mol. The molecule has 0 amide bonds. The molecule has 35 heavy (non-hydrogen) atoms. The van der Waals surface area contributed by atoms with Crippen LogP contribution in [0.5, 0.6) is 5.75 Å². The molecule has 1 aliphatic rings. The van der Waals surface area contributed by atoms with Crippen LogP contribution in [0, 0.1) is 0 Å². The van der Waals surface area contributed by atoms with Crippen LogP contribution in [0.25, 0.3) is 6.08 Å². The van der Waals surface area contributed by atoms with Gasteiger partial charge in [0.15, 0.2) is 4.80 Å². The van der Waals surface area contributed by atoms with Crippen molar-refractivity contribution in [1.82, 2.24) is 4.57 Å². The van der Waals surface area contributed by atoms with Crippen LogP contribution in [0.2, 0.25) is 10.0 Å². The number of esters is 1. The van der Waals surface area contributed by atoms with E-state index in [0.717, 1.165) is 5.56 Å². The number of thiazole rings is 1. The Labute approximate surface area is 216 Å². The summed E-state index contributed by atoms with van der Waals surface area (Å²) in [7, 11) is 0. The molecular formula is C26H24Cl2N2O4S. The van der Waals surface area contributed by atoms with Gasteiger partial charge in [0.25, 0.3) is 5.56 Å². The van der Waals surface area contributed by atoms with E-state index in [0.29, 0.717) is 42.0 Å². The lowest BCUT2D eigenvalue weighted by Crippen LogP contribution is -2.39. The summed E-state index contributed by atoms with van der Waals surface area (Å²) in [5.41, 5.74) is 1.95. The highest BCUT2D eigenvalue weighted by Gasteiger charge is 2.33. The van der Waals surface area contributed by atoms with Gasteiger partial charge in [0.1, 0.15) is 5.75 Å². The molecule has 9 heteroatoms. The zero-order chi connectivity index (χ0) is 25.3. The Morgan fingerprint density at radius 1 is 1.17 bits per heavy atom. The van der Waals surface area contributed by atoms with Crippen molar-refractivity contribution in [3.05, 3.63) is 94.6 Å². The van der Waals surface area contributed by atoms with Crippen LogP contribution in [-0.4, -0.2) is 23.2 Å². The number of ether oxygens (including phenoxy) is 2.